The minimum Gasteiger partial charge on any atom is -0.486 e. The van der Waals surface area contributed by atoms with E-state index in [1.54, 1.807) is 24.3 Å². The third-order valence-corrected chi connectivity index (χ3v) is 7.07. The fourth-order valence-corrected chi connectivity index (χ4v) is 4.74. The summed E-state index contributed by atoms with van der Waals surface area (Å²) < 4.78 is 43.2. The molecule has 0 unspecified atom stereocenters. The monoisotopic (exact) mass is 544 g/mol. The van der Waals surface area contributed by atoms with Gasteiger partial charge in [-0.3, -0.25) is 9.59 Å². The molecular formula is C23H26Cl2N2O7S. The molecule has 1 amide bonds. The zero-order chi connectivity index (χ0) is 25.3. The molecule has 0 aliphatic carbocycles. The summed E-state index contributed by atoms with van der Waals surface area (Å²) in [6.45, 7) is 0.822. The van der Waals surface area contributed by atoms with Crippen molar-refractivity contribution < 1.29 is 32.2 Å². The summed E-state index contributed by atoms with van der Waals surface area (Å²) >= 11 is 11.9. The Bertz CT molecular complexity index is 1160. The first-order chi connectivity index (χ1) is 16.7. The minimum absolute atomic E-state index is 0.0990. The molecule has 1 aliphatic heterocycles. The second kappa shape index (κ2) is 13.0. The molecule has 2 aromatic carbocycles. The molecule has 0 spiro atoms. The van der Waals surface area contributed by atoms with Crippen molar-refractivity contribution in [2.75, 3.05) is 26.4 Å². The van der Waals surface area contributed by atoms with Crippen LogP contribution in [0.2, 0.25) is 10.0 Å². The standard InChI is InChI=1S/C23H26Cl2N2O7S/c24-17-6-5-16(19(25)12-17)14-26-22(28)15-34-23(29)4-2-1-3-9-27-35(30,31)18-7-8-20-21(13-18)33-11-10-32-20/h5-8,12-13,27H,1-4,9-11,14-15H2,(H,26,28). The maximum atomic E-state index is 12.5. The van der Waals surface area contributed by atoms with Crippen molar-refractivity contribution in [3.05, 3.63) is 52.0 Å². The molecule has 35 heavy (non-hydrogen) atoms. The van der Waals surface area contributed by atoms with E-state index in [0.29, 0.717) is 59.6 Å². The number of hydrogen-bond acceptors (Lipinski definition) is 7. The zero-order valence-electron chi connectivity index (χ0n) is 18.8. The van der Waals surface area contributed by atoms with E-state index >= 15 is 0 Å². The number of carbonyl (C=O) groups excluding carboxylic acids is 2. The van der Waals surface area contributed by atoms with Gasteiger partial charge in [-0.1, -0.05) is 35.7 Å². The number of amides is 1. The molecule has 190 valence electrons. The van der Waals surface area contributed by atoms with Crippen LogP contribution in [0.3, 0.4) is 0 Å². The van der Waals surface area contributed by atoms with E-state index in [9.17, 15) is 18.0 Å². The van der Waals surface area contributed by atoms with Crippen LogP contribution in [-0.2, 0) is 30.9 Å². The predicted molar refractivity (Wildman–Crippen MR) is 130 cm³/mol. The van der Waals surface area contributed by atoms with Gasteiger partial charge in [-0.2, -0.15) is 0 Å². The van der Waals surface area contributed by atoms with Gasteiger partial charge < -0.3 is 19.5 Å². The highest BCUT2D eigenvalue weighted by atomic mass is 35.5. The van der Waals surface area contributed by atoms with Crippen LogP contribution >= 0.6 is 23.2 Å². The van der Waals surface area contributed by atoms with Crippen molar-refractivity contribution in [3.8, 4) is 11.5 Å². The summed E-state index contributed by atoms with van der Waals surface area (Å²) in [7, 11) is -3.68. The lowest BCUT2D eigenvalue weighted by Crippen LogP contribution is -2.28. The molecule has 2 N–H and O–H groups in total. The van der Waals surface area contributed by atoms with Gasteiger partial charge in [0.15, 0.2) is 18.1 Å². The molecule has 9 nitrogen and oxygen atoms in total. The van der Waals surface area contributed by atoms with Crippen molar-refractivity contribution >= 4 is 45.1 Å². The number of fused-ring (bicyclic) bond motifs is 1. The molecule has 12 heteroatoms. The maximum absolute atomic E-state index is 12.5. The molecule has 0 fully saturated rings. The van der Waals surface area contributed by atoms with Crippen LogP contribution in [0.4, 0.5) is 0 Å². The number of ether oxygens (including phenoxy) is 3. The molecule has 0 atom stereocenters. The van der Waals surface area contributed by atoms with Gasteiger partial charge in [0.25, 0.3) is 5.91 Å². The van der Waals surface area contributed by atoms with Gasteiger partial charge in [-0.05, 0) is 42.7 Å². The topological polar surface area (TPSA) is 120 Å². The van der Waals surface area contributed by atoms with Gasteiger partial charge in [0.2, 0.25) is 10.0 Å². The number of nitrogens with one attached hydrogen (secondary N) is 2. The van der Waals surface area contributed by atoms with Crippen LogP contribution in [0, 0.1) is 0 Å². The molecule has 1 aliphatic rings. The first-order valence-corrected chi connectivity index (χ1v) is 13.2. The SMILES string of the molecule is O=C(COC(=O)CCCCCNS(=O)(=O)c1ccc2c(c1)OCCO2)NCc1ccc(Cl)cc1Cl. The molecule has 0 saturated heterocycles. The summed E-state index contributed by atoms with van der Waals surface area (Å²) in [5.41, 5.74) is 0.695. The van der Waals surface area contributed by atoms with Crippen LogP contribution in [0.25, 0.3) is 0 Å². The molecule has 3 rings (SSSR count). The van der Waals surface area contributed by atoms with Crippen molar-refractivity contribution in [3.63, 3.8) is 0 Å². The summed E-state index contributed by atoms with van der Waals surface area (Å²) in [5.74, 6) is -0.0231. The second-order valence-electron chi connectivity index (χ2n) is 7.69. The highest BCUT2D eigenvalue weighted by molar-refractivity contribution is 7.89. The van der Waals surface area contributed by atoms with E-state index in [1.807, 2.05) is 0 Å². The van der Waals surface area contributed by atoms with Gasteiger partial charge >= 0.3 is 5.97 Å². The smallest absolute Gasteiger partial charge is 0.306 e. The number of sulfonamides is 1. The van der Waals surface area contributed by atoms with Crippen LogP contribution in [-0.4, -0.2) is 46.7 Å². The number of hydrogen-bond donors (Lipinski definition) is 2. The van der Waals surface area contributed by atoms with E-state index in [0.717, 1.165) is 0 Å². The Balaban J connectivity index is 1.27. The van der Waals surface area contributed by atoms with Gasteiger partial charge in [-0.25, -0.2) is 13.1 Å². The summed E-state index contributed by atoms with van der Waals surface area (Å²) in [6, 6.07) is 9.42. The van der Waals surface area contributed by atoms with E-state index in [2.05, 4.69) is 10.0 Å². The lowest BCUT2D eigenvalue weighted by atomic mass is 10.2. The highest BCUT2D eigenvalue weighted by Gasteiger charge is 2.19. The Hall–Kier alpha value is -2.53. The van der Waals surface area contributed by atoms with Gasteiger partial charge in [0.1, 0.15) is 13.2 Å². The normalized spacial score (nSPS) is 12.7. The van der Waals surface area contributed by atoms with Crippen LogP contribution in [0.5, 0.6) is 11.5 Å². The fourth-order valence-electron chi connectivity index (χ4n) is 3.18. The van der Waals surface area contributed by atoms with Crippen LogP contribution < -0.4 is 19.5 Å². The molecule has 1 heterocycles. The lowest BCUT2D eigenvalue weighted by molar-refractivity contribution is -0.148. The predicted octanol–water partition coefficient (Wildman–Crippen LogP) is 3.46. The van der Waals surface area contributed by atoms with E-state index < -0.39 is 21.9 Å². The molecule has 0 radical (unpaired) electrons. The maximum Gasteiger partial charge on any atom is 0.306 e. The average Bonchev–Trinajstić information content (AvgIpc) is 2.84. The van der Waals surface area contributed by atoms with E-state index in [4.69, 9.17) is 37.4 Å². The third kappa shape index (κ3) is 8.57. The van der Waals surface area contributed by atoms with Crippen molar-refractivity contribution in [2.45, 2.75) is 37.1 Å². The van der Waals surface area contributed by atoms with Gasteiger partial charge in [0, 0.05) is 35.6 Å². The zero-order valence-corrected chi connectivity index (χ0v) is 21.2. The minimum atomic E-state index is -3.68. The number of rotatable bonds is 12. The summed E-state index contributed by atoms with van der Waals surface area (Å²) in [5, 5.41) is 3.55. The first kappa shape index (κ1) is 27.1. The highest BCUT2D eigenvalue weighted by Crippen LogP contribution is 2.32. The van der Waals surface area contributed by atoms with Crippen molar-refractivity contribution in [2.24, 2.45) is 0 Å². The van der Waals surface area contributed by atoms with E-state index in [-0.39, 0.29) is 31.0 Å². The second-order valence-corrected chi connectivity index (χ2v) is 10.3. The molecule has 0 bridgehead atoms. The molecule has 0 aromatic heterocycles. The Morgan fingerprint density at radius 3 is 2.51 bits per heavy atom. The molecule has 0 saturated carbocycles. The Labute approximate surface area is 214 Å². The fraction of sp³-hybridized carbons (Fsp3) is 0.391. The number of unbranched alkanes of at least 4 members (excludes halogenated alkanes) is 2. The third-order valence-electron chi connectivity index (χ3n) is 5.03. The van der Waals surface area contributed by atoms with E-state index in [1.165, 1.54) is 12.1 Å². The lowest BCUT2D eigenvalue weighted by Gasteiger charge is -2.18. The number of benzene rings is 2. The first-order valence-electron chi connectivity index (χ1n) is 11.0. The van der Waals surface area contributed by atoms with Crippen molar-refractivity contribution in [1.29, 1.82) is 0 Å². The van der Waals surface area contributed by atoms with Crippen LogP contribution in [0.1, 0.15) is 31.2 Å². The molecular weight excluding hydrogens is 519 g/mol. The van der Waals surface area contributed by atoms with Gasteiger partial charge in [-0.15, -0.1) is 0 Å². The Kier molecular flexibility index (Phi) is 10.0. The quantitative estimate of drug-likeness (QED) is 0.310. The average molecular weight is 545 g/mol. The molecule has 2 aromatic rings. The summed E-state index contributed by atoms with van der Waals surface area (Å²) in [4.78, 5) is 23.8. The summed E-state index contributed by atoms with van der Waals surface area (Å²) in [6.07, 6.45) is 1.79. The Morgan fingerprint density at radius 2 is 1.74 bits per heavy atom. The number of esters is 1. The largest absolute Gasteiger partial charge is 0.486 e. The number of halogens is 2. The van der Waals surface area contributed by atoms with Crippen LogP contribution in [0.15, 0.2) is 41.3 Å². The van der Waals surface area contributed by atoms with Crippen molar-refractivity contribution in [1.82, 2.24) is 10.0 Å². The Morgan fingerprint density at radius 1 is 0.971 bits per heavy atom. The number of carbonyl (C=O) groups is 2. The van der Waals surface area contributed by atoms with Gasteiger partial charge in [0.05, 0.1) is 4.90 Å².